The van der Waals surface area contributed by atoms with Gasteiger partial charge in [0.25, 0.3) is 0 Å². The van der Waals surface area contributed by atoms with Crippen LogP contribution in [0.2, 0.25) is 0 Å². The molecule has 3 rings (SSSR count). The van der Waals surface area contributed by atoms with E-state index in [0.29, 0.717) is 6.07 Å². The molecule has 1 fully saturated rings. The third-order valence-corrected chi connectivity index (χ3v) is 6.54. The molecule has 0 amide bonds. The van der Waals surface area contributed by atoms with Gasteiger partial charge >= 0.3 is 12.4 Å². The first-order valence-electron chi connectivity index (χ1n) is 8.49. The summed E-state index contributed by atoms with van der Waals surface area (Å²) >= 11 is 0. The second-order valence-electron chi connectivity index (χ2n) is 6.43. The topological polar surface area (TPSA) is 40.6 Å². The van der Waals surface area contributed by atoms with Gasteiger partial charge in [-0.15, -0.1) is 0 Å². The van der Waals surface area contributed by atoms with E-state index < -0.39 is 38.4 Å². The van der Waals surface area contributed by atoms with Crippen molar-refractivity contribution in [3.8, 4) is 0 Å². The summed E-state index contributed by atoms with van der Waals surface area (Å²) in [5, 5.41) is 0. The van der Waals surface area contributed by atoms with Crippen molar-refractivity contribution < 1.29 is 34.8 Å². The number of anilines is 1. The van der Waals surface area contributed by atoms with Crippen LogP contribution in [0.1, 0.15) is 11.1 Å². The van der Waals surface area contributed by atoms with E-state index in [0.717, 1.165) is 28.6 Å². The SMILES string of the molecule is O=S(=O)(c1ccccc1C(F)(F)F)N1CCN(c2cccc(C(F)(F)F)c2)CC1. The predicted molar refractivity (Wildman–Crippen MR) is 93.9 cm³/mol. The molecule has 2 aromatic carbocycles. The summed E-state index contributed by atoms with van der Waals surface area (Å²) in [5.74, 6) is 0. The lowest BCUT2D eigenvalue weighted by Gasteiger charge is -2.36. The molecule has 4 nitrogen and oxygen atoms in total. The minimum Gasteiger partial charge on any atom is -0.369 e. The first kappa shape index (κ1) is 21.4. The van der Waals surface area contributed by atoms with Gasteiger partial charge in [-0.2, -0.15) is 30.6 Å². The molecule has 29 heavy (non-hydrogen) atoms. The molecule has 0 unspecified atom stereocenters. The van der Waals surface area contributed by atoms with E-state index in [-0.39, 0.29) is 31.9 Å². The molecule has 1 aliphatic heterocycles. The molecule has 158 valence electrons. The lowest BCUT2D eigenvalue weighted by Crippen LogP contribution is -2.49. The number of halogens is 6. The van der Waals surface area contributed by atoms with Gasteiger partial charge in [-0.05, 0) is 30.3 Å². The average Bonchev–Trinajstić information content (AvgIpc) is 2.67. The van der Waals surface area contributed by atoms with Crippen LogP contribution in [0.25, 0.3) is 0 Å². The molecule has 0 bridgehead atoms. The van der Waals surface area contributed by atoms with E-state index >= 15 is 0 Å². The van der Waals surface area contributed by atoms with Crippen molar-refractivity contribution >= 4 is 15.7 Å². The standard InChI is InChI=1S/C18H16F6N2O2S/c19-17(20,21)13-4-3-5-14(12-13)25-8-10-26(11-9-25)29(27,28)16-7-2-1-6-15(16)18(22,23)24/h1-7,12H,8-11H2. The zero-order valence-electron chi connectivity index (χ0n) is 14.8. The number of hydrogen-bond donors (Lipinski definition) is 0. The van der Waals surface area contributed by atoms with Gasteiger partial charge in [0.15, 0.2) is 0 Å². The van der Waals surface area contributed by atoms with Crippen molar-refractivity contribution in [3.63, 3.8) is 0 Å². The minimum atomic E-state index is -4.83. The van der Waals surface area contributed by atoms with E-state index in [2.05, 4.69) is 0 Å². The fourth-order valence-corrected chi connectivity index (χ4v) is 4.76. The van der Waals surface area contributed by atoms with Crippen molar-refractivity contribution in [1.29, 1.82) is 0 Å². The summed E-state index contributed by atoms with van der Waals surface area (Å²) in [7, 11) is -4.41. The van der Waals surface area contributed by atoms with Crippen LogP contribution < -0.4 is 4.90 Å². The third kappa shape index (κ3) is 4.50. The Hall–Kier alpha value is -2.27. The second kappa shape index (κ2) is 7.52. The van der Waals surface area contributed by atoms with E-state index in [1.165, 1.54) is 18.2 Å². The van der Waals surface area contributed by atoms with Crippen molar-refractivity contribution in [2.75, 3.05) is 31.1 Å². The smallest absolute Gasteiger partial charge is 0.369 e. The highest BCUT2D eigenvalue weighted by molar-refractivity contribution is 7.89. The Labute approximate surface area is 163 Å². The van der Waals surface area contributed by atoms with Gasteiger partial charge < -0.3 is 4.90 Å². The Morgan fingerprint density at radius 2 is 1.38 bits per heavy atom. The van der Waals surface area contributed by atoms with Gasteiger partial charge in [0.1, 0.15) is 0 Å². The molecule has 0 saturated carbocycles. The Kier molecular flexibility index (Phi) is 5.56. The summed E-state index contributed by atoms with van der Waals surface area (Å²) in [6.45, 7) is -0.195. The summed E-state index contributed by atoms with van der Waals surface area (Å²) in [5.41, 5.74) is -1.81. The maximum absolute atomic E-state index is 13.2. The zero-order chi connectivity index (χ0) is 21.4. The van der Waals surface area contributed by atoms with E-state index in [1.807, 2.05) is 0 Å². The second-order valence-corrected chi connectivity index (χ2v) is 8.34. The third-order valence-electron chi connectivity index (χ3n) is 4.59. The van der Waals surface area contributed by atoms with Crippen molar-refractivity contribution in [2.45, 2.75) is 17.2 Å². The quantitative estimate of drug-likeness (QED) is 0.674. The van der Waals surface area contributed by atoms with E-state index in [1.54, 1.807) is 4.90 Å². The molecule has 0 radical (unpaired) electrons. The Morgan fingerprint density at radius 3 is 1.97 bits per heavy atom. The van der Waals surface area contributed by atoms with Gasteiger partial charge in [-0.3, -0.25) is 0 Å². The number of rotatable bonds is 3. The highest BCUT2D eigenvalue weighted by atomic mass is 32.2. The molecule has 1 aliphatic rings. The van der Waals surface area contributed by atoms with Crippen LogP contribution in [0.15, 0.2) is 53.4 Å². The summed E-state index contributed by atoms with van der Waals surface area (Å²) < 4.78 is 105. The molecule has 0 aromatic heterocycles. The number of sulfonamides is 1. The van der Waals surface area contributed by atoms with Crippen LogP contribution in [0.3, 0.4) is 0 Å². The lowest BCUT2D eigenvalue weighted by molar-refractivity contribution is -0.140. The lowest BCUT2D eigenvalue weighted by atomic mass is 10.1. The Balaban J connectivity index is 1.80. The van der Waals surface area contributed by atoms with Crippen LogP contribution in [0.5, 0.6) is 0 Å². The molecule has 1 saturated heterocycles. The van der Waals surface area contributed by atoms with Crippen LogP contribution in [0.4, 0.5) is 32.0 Å². The average molecular weight is 438 g/mol. The number of alkyl halides is 6. The number of hydrogen-bond acceptors (Lipinski definition) is 3. The van der Waals surface area contributed by atoms with Gasteiger partial charge in [0.2, 0.25) is 10.0 Å². The maximum Gasteiger partial charge on any atom is 0.417 e. The van der Waals surface area contributed by atoms with Crippen molar-refractivity contribution in [1.82, 2.24) is 4.31 Å². The molecular weight excluding hydrogens is 422 g/mol. The fourth-order valence-electron chi connectivity index (χ4n) is 3.13. The summed E-state index contributed by atoms with van der Waals surface area (Å²) in [4.78, 5) is 0.733. The monoisotopic (exact) mass is 438 g/mol. The minimum absolute atomic E-state index is 0.0503. The summed E-state index contributed by atoms with van der Waals surface area (Å²) in [6.07, 6.45) is -9.34. The van der Waals surface area contributed by atoms with Gasteiger partial charge in [-0.1, -0.05) is 18.2 Å². The summed E-state index contributed by atoms with van der Waals surface area (Å²) in [6, 6.07) is 8.53. The number of piperazine rings is 1. The van der Waals surface area contributed by atoms with E-state index in [9.17, 15) is 34.8 Å². The molecule has 0 atom stereocenters. The van der Waals surface area contributed by atoms with Crippen LogP contribution in [0, 0.1) is 0 Å². The predicted octanol–water partition coefficient (Wildman–Crippen LogP) is 4.24. The molecule has 0 spiro atoms. The van der Waals surface area contributed by atoms with Crippen molar-refractivity contribution in [2.24, 2.45) is 0 Å². The van der Waals surface area contributed by atoms with Crippen molar-refractivity contribution in [3.05, 3.63) is 59.7 Å². The zero-order valence-corrected chi connectivity index (χ0v) is 15.7. The van der Waals surface area contributed by atoms with Crippen LogP contribution in [-0.4, -0.2) is 38.9 Å². The molecular formula is C18H16F6N2O2S. The largest absolute Gasteiger partial charge is 0.417 e. The van der Waals surface area contributed by atoms with Gasteiger partial charge in [0.05, 0.1) is 16.0 Å². The maximum atomic E-state index is 13.2. The first-order valence-corrected chi connectivity index (χ1v) is 9.93. The molecule has 2 aromatic rings. The number of nitrogens with zero attached hydrogens (tertiary/aromatic N) is 2. The van der Waals surface area contributed by atoms with E-state index in [4.69, 9.17) is 0 Å². The first-order chi connectivity index (χ1) is 13.4. The molecule has 11 heteroatoms. The molecule has 1 heterocycles. The Bertz CT molecular complexity index is 980. The van der Waals surface area contributed by atoms with Gasteiger partial charge in [-0.25, -0.2) is 8.42 Å². The number of benzene rings is 2. The van der Waals surface area contributed by atoms with Crippen LogP contribution >= 0.6 is 0 Å². The fraction of sp³-hybridized carbons (Fsp3) is 0.333. The Morgan fingerprint density at radius 1 is 0.759 bits per heavy atom. The van der Waals surface area contributed by atoms with Gasteiger partial charge in [0, 0.05) is 31.9 Å². The highest BCUT2D eigenvalue weighted by Gasteiger charge is 2.39. The molecule has 0 aliphatic carbocycles. The van der Waals surface area contributed by atoms with Crippen LogP contribution in [-0.2, 0) is 22.4 Å². The normalized spacial score (nSPS) is 16.8. The molecule has 0 N–H and O–H groups in total. The highest BCUT2D eigenvalue weighted by Crippen LogP contribution is 2.36.